The lowest BCUT2D eigenvalue weighted by Crippen LogP contribution is -2.30. The van der Waals surface area contributed by atoms with Crippen molar-refractivity contribution in [2.24, 2.45) is 5.92 Å². The van der Waals surface area contributed by atoms with E-state index in [0.29, 0.717) is 18.2 Å². The van der Waals surface area contributed by atoms with Gasteiger partial charge in [0.2, 0.25) is 10.0 Å². The summed E-state index contributed by atoms with van der Waals surface area (Å²) in [6.07, 6.45) is 2.01. The molecule has 1 aromatic carbocycles. The minimum Gasteiger partial charge on any atom is -0.399 e. The number of hydrogen-bond donors (Lipinski definition) is 2. The van der Waals surface area contributed by atoms with Crippen LogP contribution in [0.5, 0.6) is 0 Å². The van der Waals surface area contributed by atoms with Crippen LogP contribution in [0.1, 0.15) is 12.5 Å². The molecule has 0 heterocycles. The number of benzene rings is 1. The first-order valence-electron chi connectivity index (χ1n) is 5.73. The highest BCUT2D eigenvalue weighted by Gasteiger charge is 2.12. The maximum absolute atomic E-state index is 11.8. The van der Waals surface area contributed by atoms with Gasteiger partial charge in [-0.2, -0.15) is 11.8 Å². The van der Waals surface area contributed by atoms with Crippen LogP contribution < -0.4 is 10.5 Å². The van der Waals surface area contributed by atoms with Crippen LogP contribution in [0.2, 0.25) is 0 Å². The van der Waals surface area contributed by atoms with Gasteiger partial charge in [0.05, 0.1) is 5.75 Å². The minimum atomic E-state index is -3.26. The van der Waals surface area contributed by atoms with Crippen LogP contribution in [0.15, 0.2) is 24.3 Å². The average molecular weight is 288 g/mol. The monoisotopic (exact) mass is 288 g/mol. The van der Waals surface area contributed by atoms with Gasteiger partial charge in [-0.1, -0.05) is 19.1 Å². The van der Waals surface area contributed by atoms with Crippen molar-refractivity contribution in [1.29, 1.82) is 0 Å². The van der Waals surface area contributed by atoms with E-state index in [1.165, 1.54) is 0 Å². The Morgan fingerprint density at radius 1 is 1.33 bits per heavy atom. The molecule has 4 nitrogen and oxygen atoms in total. The van der Waals surface area contributed by atoms with Crippen molar-refractivity contribution in [3.8, 4) is 0 Å². The van der Waals surface area contributed by atoms with Crippen molar-refractivity contribution < 1.29 is 8.42 Å². The van der Waals surface area contributed by atoms with E-state index in [9.17, 15) is 8.42 Å². The Hall–Kier alpha value is -0.720. The Morgan fingerprint density at radius 2 is 1.94 bits per heavy atom. The fraction of sp³-hybridized carbons (Fsp3) is 0.500. The van der Waals surface area contributed by atoms with E-state index in [0.717, 1.165) is 11.3 Å². The number of sulfonamides is 1. The molecule has 102 valence electrons. The lowest BCUT2D eigenvalue weighted by Gasteiger charge is -2.11. The highest BCUT2D eigenvalue weighted by atomic mass is 32.2. The molecule has 3 N–H and O–H groups in total. The summed E-state index contributed by atoms with van der Waals surface area (Å²) >= 11 is 1.72. The summed E-state index contributed by atoms with van der Waals surface area (Å²) in [5, 5.41) is 0. The zero-order valence-electron chi connectivity index (χ0n) is 10.7. The minimum absolute atomic E-state index is 0.000726. The average Bonchev–Trinajstić information content (AvgIpc) is 2.30. The van der Waals surface area contributed by atoms with Gasteiger partial charge in [-0.25, -0.2) is 13.1 Å². The molecule has 0 radical (unpaired) electrons. The first-order chi connectivity index (χ1) is 8.43. The standard InChI is InChI=1S/C12H20N2O2S2/c1-10(8-17-2)7-14-18(15,16)9-11-3-5-12(13)6-4-11/h3-6,10,14H,7-9,13H2,1-2H3. The zero-order valence-corrected chi connectivity index (χ0v) is 12.4. The number of hydrogen-bond acceptors (Lipinski definition) is 4. The second-order valence-corrected chi connectivity index (χ2v) is 7.13. The molecule has 1 atom stereocenters. The molecule has 0 spiro atoms. The van der Waals surface area contributed by atoms with Crippen molar-refractivity contribution in [3.05, 3.63) is 29.8 Å². The van der Waals surface area contributed by atoms with Crippen LogP contribution in [-0.4, -0.2) is 27.0 Å². The predicted molar refractivity (Wildman–Crippen MR) is 79.0 cm³/mol. The van der Waals surface area contributed by atoms with Gasteiger partial charge in [0.1, 0.15) is 0 Å². The van der Waals surface area contributed by atoms with Crippen LogP contribution in [0.3, 0.4) is 0 Å². The van der Waals surface area contributed by atoms with Gasteiger partial charge in [-0.05, 0) is 35.6 Å². The van der Waals surface area contributed by atoms with Gasteiger partial charge in [-0.15, -0.1) is 0 Å². The first kappa shape index (κ1) is 15.3. The molecule has 0 bridgehead atoms. The second-order valence-electron chi connectivity index (χ2n) is 4.41. The molecule has 0 aromatic heterocycles. The third-order valence-corrected chi connectivity index (χ3v) is 4.66. The first-order valence-corrected chi connectivity index (χ1v) is 8.78. The van der Waals surface area contributed by atoms with E-state index >= 15 is 0 Å². The van der Waals surface area contributed by atoms with Gasteiger partial charge in [0, 0.05) is 12.2 Å². The fourth-order valence-electron chi connectivity index (χ4n) is 1.50. The highest BCUT2D eigenvalue weighted by Crippen LogP contribution is 2.09. The van der Waals surface area contributed by atoms with E-state index in [1.807, 2.05) is 13.2 Å². The molecule has 0 aliphatic heterocycles. The Morgan fingerprint density at radius 3 is 2.50 bits per heavy atom. The maximum Gasteiger partial charge on any atom is 0.215 e. The lowest BCUT2D eigenvalue weighted by molar-refractivity contribution is 0.562. The number of anilines is 1. The molecule has 18 heavy (non-hydrogen) atoms. The highest BCUT2D eigenvalue weighted by molar-refractivity contribution is 7.98. The van der Waals surface area contributed by atoms with E-state index in [-0.39, 0.29) is 5.75 Å². The summed E-state index contributed by atoms with van der Waals surface area (Å²) in [6.45, 7) is 2.51. The number of rotatable bonds is 7. The van der Waals surface area contributed by atoms with Crippen LogP contribution in [0, 0.1) is 5.92 Å². The second kappa shape index (κ2) is 7.01. The molecule has 1 aromatic rings. The summed E-state index contributed by atoms with van der Waals surface area (Å²) in [5.41, 5.74) is 6.94. The van der Waals surface area contributed by atoms with Crippen LogP contribution >= 0.6 is 11.8 Å². The molecule has 0 amide bonds. The van der Waals surface area contributed by atoms with E-state index in [2.05, 4.69) is 4.72 Å². The Bertz CT molecular complexity index is 457. The maximum atomic E-state index is 11.8. The number of nitrogens with one attached hydrogen (secondary N) is 1. The van der Waals surface area contributed by atoms with Gasteiger partial charge < -0.3 is 5.73 Å². The van der Waals surface area contributed by atoms with Crippen molar-refractivity contribution >= 4 is 27.5 Å². The molecule has 0 saturated carbocycles. The predicted octanol–water partition coefficient (Wildman–Crippen LogP) is 1.69. The molecular formula is C12H20N2O2S2. The zero-order chi connectivity index (χ0) is 13.6. The summed E-state index contributed by atoms with van der Waals surface area (Å²) in [7, 11) is -3.26. The number of nitrogen functional groups attached to an aromatic ring is 1. The van der Waals surface area contributed by atoms with Crippen LogP contribution in [0.25, 0.3) is 0 Å². The lowest BCUT2D eigenvalue weighted by atomic mass is 10.2. The van der Waals surface area contributed by atoms with E-state index in [1.54, 1.807) is 36.0 Å². The van der Waals surface area contributed by atoms with Crippen molar-refractivity contribution in [3.63, 3.8) is 0 Å². The SMILES string of the molecule is CSCC(C)CNS(=O)(=O)Cc1ccc(N)cc1. The fourth-order valence-corrected chi connectivity index (χ4v) is 3.46. The summed E-state index contributed by atoms with van der Waals surface area (Å²) < 4.78 is 26.3. The van der Waals surface area contributed by atoms with Gasteiger partial charge in [0.15, 0.2) is 0 Å². The van der Waals surface area contributed by atoms with Crippen molar-refractivity contribution in [2.75, 3.05) is 24.3 Å². The normalized spacial score (nSPS) is 13.4. The van der Waals surface area contributed by atoms with Gasteiger partial charge in [-0.3, -0.25) is 0 Å². The van der Waals surface area contributed by atoms with Crippen molar-refractivity contribution in [1.82, 2.24) is 4.72 Å². The summed E-state index contributed by atoms with van der Waals surface area (Å²) in [5.74, 6) is 1.28. The molecular weight excluding hydrogens is 268 g/mol. The quantitative estimate of drug-likeness (QED) is 0.749. The molecule has 0 aliphatic rings. The third kappa shape index (κ3) is 5.75. The Labute approximate surface area is 113 Å². The van der Waals surface area contributed by atoms with Crippen LogP contribution in [-0.2, 0) is 15.8 Å². The van der Waals surface area contributed by atoms with E-state index in [4.69, 9.17) is 5.73 Å². The van der Waals surface area contributed by atoms with Gasteiger partial charge >= 0.3 is 0 Å². The smallest absolute Gasteiger partial charge is 0.215 e. The van der Waals surface area contributed by atoms with Gasteiger partial charge in [0.25, 0.3) is 0 Å². The number of thioether (sulfide) groups is 1. The Balaban J connectivity index is 2.52. The summed E-state index contributed by atoms with van der Waals surface area (Å²) in [6, 6.07) is 6.89. The molecule has 1 unspecified atom stereocenters. The largest absolute Gasteiger partial charge is 0.399 e. The summed E-state index contributed by atoms with van der Waals surface area (Å²) in [4.78, 5) is 0. The molecule has 0 fully saturated rings. The third-order valence-electron chi connectivity index (χ3n) is 2.44. The molecule has 6 heteroatoms. The topological polar surface area (TPSA) is 72.2 Å². The van der Waals surface area contributed by atoms with E-state index < -0.39 is 10.0 Å². The molecule has 1 rings (SSSR count). The molecule has 0 aliphatic carbocycles. The molecule has 0 saturated heterocycles. The van der Waals surface area contributed by atoms with Crippen molar-refractivity contribution in [2.45, 2.75) is 12.7 Å². The Kier molecular flexibility index (Phi) is 5.98. The number of nitrogens with two attached hydrogens (primary N) is 1. The van der Waals surface area contributed by atoms with Crippen LogP contribution in [0.4, 0.5) is 5.69 Å².